The number of rotatable bonds is 12. The molecule has 3 atom stereocenters. The van der Waals surface area contributed by atoms with Crippen LogP contribution >= 0.6 is 0 Å². The van der Waals surface area contributed by atoms with Gasteiger partial charge in [-0.3, -0.25) is 9.59 Å². The van der Waals surface area contributed by atoms with Crippen LogP contribution in [0.2, 0.25) is 0 Å². The van der Waals surface area contributed by atoms with Crippen molar-refractivity contribution in [3.63, 3.8) is 0 Å². The van der Waals surface area contributed by atoms with E-state index in [1.807, 2.05) is 41.5 Å². The Morgan fingerprint density at radius 3 is 1.75 bits per heavy atom. The van der Waals surface area contributed by atoms with Crippen molar-refractivity contribution < 1.29 is 39.1 Å². The second kappa shape index (κ2) is 12.4. The zero-order valence-electron chi connectivity index (χ0n) is 18.1. The second-order valence-electron chi connectivity index (χ2n) is 9.50. The van der Waals surface area contributed by atoms with E-state index >= 15 is 0 Å². The summed E-state index contributed by atoms with van der Waals surface area (Å²) in [4.78, 5) is 23.2. The topological polar surface area (TPSA) is 123 Å². The predicted octanol–water partition coefficient (Wildman–Crippen LogP) is 1.43. The normalized spacial score (nSPS) is 15.6. The Kier molecular flexibility index (Phi) is 11.8. The number of carbonyl (C=O) groups excluding carboxylic acids is 2. The highest BCUT2D eigenvalue weighted by molar-refractivity contribution is 5.77. The van der Waals surface area contributed by atoms with Crippen LogP contribution in [-0.4, -0.2) is 72.0 Å². The number of aliphatic hydroxyl groups is 3. The molecule has 0 heterocycles. The first-order valence-electron chi connectivity index (χ1n) is 9.63. The summed E-state index contributed by atoms with van der Waals surface area (Å²) >= 11 is 0. The number of hydrogen-bond donors (Lipinski definition) is 3. The fourth-order valence-electron chi connectivity index (χ4n) is 1.94. The number of aliphatic hydroxyl groups excluding tert-OH is 3. The van der Waals surface area contributed by atoms with Crippen LogP contribution in [0.25, 0.3) is 0 Å². The molecule has 0 saturated heterocycles. The first kappa shape index (κ1) is 26.8. The molecular formula is C20H38O8. The van der Waals surface area contributed by atoms with E-state index in [-0.39, 0.29) is 49.9 Å². The van der Waals surface area contributed by atoms with Crippen molar-refractivity contribution in [1.82, 2.24) is 0 Å². The predicted molar refractivity (Wildman–Crippen MR) is 104 cm³/mol. The molecule has 166 valence electrons. The highest BCUT2D eigenvalue weighted by Crippen LogP contribution is 2.14. The van der Waals surface area contributed by atoms with Crippen LogP contribution in [0.3, 0.4) is 0 Å². The molecule has 3 unspecified atom stereocenters. The Labute approximate surface area is 168 Å². The summed E-state index contributed by atoms with van der Waals surface area (Å²) < 4.78 is 15.3. The van der Waals surface area contributed by atoms with E-state index in [1.165, 1.54) is 0 Å². The van der Waals surface area contributed by atoms with Crippen LogP contribution in [0.4, 0.5) is 0 Å². The molecular weight excluding hydrogens is 368 g/mol. The number of carbonyl (C=O) groups is 2. The SMILES string of the molecule is CC(C)(C)COCC(O)C(O)CC(O)COC(=O)CCC(=O)OCC(C)(C)C. The summed E-state index contributed by atoms with van der Waals surface area (Å²) in [6.45, 7) is 12.0. The lowest BCUT2D eigenvalue weighted by Crippen LogP contribution is -2.36. The first-order valence-corrected chi connectivity index (χ1v) is 9.63. The molecule has 0 aliphatic rings. The highest BCUT2D eigenvalue weighted by Gasteiger charge is 2.22. The molecule has 0 amide bonds. The third-order valence-corrected chi connectivity index (χ3v) is 3.42. The van der Waals surface area contributed by atoms with E-state index in [0.29, 0.717) is 6.61 Å². The maximum absolute atomic E-state index is 11.6. The Bertz CT molecular complexity index is 464. The van der Waals surface area contributed by atoms with Gasteiger partial charge in [0.25, 0.3) is 0 Å². The van der Waals surface area contributed by atoms with Gasteiger partial charge in [0, 0.05) is 6.42 Å². The van der Waals surface area contributed by atoms with E-state index < -0.39 is 30.3 Å². The maximum Gasteiger partial charge on any atom is 0.306 e. The Morgan fingerprint density at radius 1 is 0.750 bits per heavy atom. The van der Waals surface area contributed by atoms with Crippen molar-refractivity contribution in [3.05, 3.63) is 0 Å². The third kappa shape index (κ3) is 15.8. The van der Waals surface area contributed by atoms with Crippen molar-refractivity contribution in [3.8, 4) is 0 Å². The van der Waals surface area contributed by atoms with Gasteiger partial charge < -0.3 is 29.5 Å². The fourth-order valence-corrected chi connectivity index (χ4v) is 1.94. The molecule has 8 heteroatoms. The lowest BCUT2D eigenvalue weighted by atomic mass is 9.98. The summed E-state index contributed by atoms with van der Waals surface area (Å²) in [7, 11) is 0. The second-order valence-corrected chi connectivity index (χ2v) is 9.50. The fraction of sp³-hybridized carbons (Fsp3) is 0.900. The highest BCUT2D eigenvalue weighted by atomic mass is 16.5. The summed E-state index contributed by atoms with van der Waals surface area (Å²) in [6, 6.07) is 0. The lowest BCUT2D eigenvalue weighted by Gasteiger charge is -2.23. The molecule has 0 fully saturated rings. The van der Waals surface area contributed by atoms with Crippen LogP contribution in [0.5, 0.6) is 0 Å². The molecule has 0 aliphatic carbocycles. The number of esters is 2. The molecule has 0 aromatic carbocycles. The van der Waals surface area contributed by atoms with Gasteiger partial charge in [-0.25, -0.2) is 0 Å². The van der Waals surface area contributed by atoms with Crippen molar-refractivity contribution in [1.29, 1.82) is 0 Å². The van der Waals surface area contributed by atoms with E-state index in [4.69, 9.17) is 14.2 Å². The average molecular weight is 407 g/mol. The van der Waals surface area contributed by atoms with Crippen LogP contribution in [0, 0.1) is 10.8 Å². The molecule has 0 aliphatic heterocycles. The summed E-state index contributed by atoms with van der Waals surface area (Å²) in [6.07, 6.45) is -3.91. The van der Waals surface area contributed by atoms with Crippen molar-refractivity contribution in [2.45, 2.75) is 79.1 Å². The van der Waals surface area contributed by atoms with E-state index in [1.54, 1.807) is 0 Å². The summed E-state index contributed by atoms with van der Waals surface area (Å²) in [5.74, 6) is -1.13. The van der Waals surface area contributed by atoms with Crippen LogP contribution < -0.4 is 0 Å². The minimum atomic E-state index is -1.21. The third-order valence-electron chi connectivity index (χ3n) is 3.42. The minimum Gasteiger partial charge on any atom is -0.465 e. The number of hydrogen-bond acceptors (Lipinski definition) is 8. The Hall–Kier alpha value is -1.22. The molecule has 0 aromatic rings. The van der Waals surface area contributed by atoms with Gasteiger partial charge in [0.15, 0.2) is 0 Å². The van der Waals surface area contributed by atoms with Crippen LogP contribution in [-0.2, 0) is 23.8 Å². The zero-order chi connectivity index (χ0) is 22.0. The summed E-state index contributed by atoms with van der Waals surface area (Å²) in [5, 5.41) is 29.6. The Morgan fingerprint density at radius 2 is 1.25 bits per heavy atom. The largest absolute Gasteiger partial charge is 0.465 e. The van der Waals surface area contributed by atoms with E-state index in [0.717, 1.165) is 0 Å². The van der Waals surface area contributed by atoms with Crippen molar-refractivity contribution in [2.24, 2.45) is 10.8 Å². The smallest absolute Gasteiger partial charge is 0.306 e. The van der Waals surface area contributed by atoms with Gasteiger partial charge in [-0.05, 0) is 10.8 Å². The van der Waals surface area contributed by atoms with Gasteiger partial charge in [-0.15, -0.1) is 0 Å². The molecule has 8 nitrogen and oxygen atoms in total. The summed E-state index contributed by atoms with van der Waals surface area (Å²) in [5.41, 5.74) is -0.207. The van der Waals surface area contributed by atoms with Gasteiger partial charge in [0.05, 0.1) is 44.9 Å². The van der Waals surface area contributed by atoms with Crippen LogP contribution in [0.15, 0.2) is 0 Å². The minimum absolute atomic E-state index is 0.0539. The molecule has 0 bridgehead atoms. The molecule has 0 saturated carbocycles. The molecule has 0 rings (SSSR count). The van der Waals surface area contributed by atoms with Crippen molar-refractivity contribution >= 4 is 11.9 Å². The molecule has 3 N–H and O–H groups in total. The van der Waals surface area contributed by atoms with Gasteiger partial charge in [-0.2, -0.15) is 0 Å². The Balaban J connectivity index is 3.98. The van der Waals surface area contributed by atoms with Gasteiger partial charge in [0.2, 0.25) is 0 Å². The first-order chi connectivity index (χ1) is 12.7. The van der Waals surface area contributed by atoms with Gasteiger partial charge in [0.1, 0.15) is 12.7 Å². The molecule has 0 aromatic heterocycles. The van der Waals surface area contributed by atoms with Gasteiger partial charge >= 0.3 is 11.9 Å². The zero-order valence-corrected chi connectivity index (χ0v) is 18.1. The standard InChI is InChI=1S/C20H38O8/c1-19(2,3)12-26-11-16(23)15(22)9-14(21)10-27-17(24)7-8-18(25)28-13-20(4,5)6/h14-16,21-23H,7-13H2,1-6H3. The molecule has 28 heavy (non-hydrogen) atoms. The lowest BCUT2D eigenvalue weighted by molar-refractivity contribution is -0.153. The quantitative estimate of drug-likeness (QED) is 0.416. The van der Waals surface area contributed by atoms with E-state index in [2.05, 4.69) is 0 Å². The van der Waals surface area contributed by atoms with Crippen molar-refractivity contribution in [2.75, 3.05) is 26.4 Å². The van der Waals surface area contributed by atoms with Crippen LogP contribution in [0.1, 0.15) is 60.8 Å². The molecule has 0 spiro atoms. The average Bonchev–Trinajstić information content (AvgIpc) is 2.54. The monoisotopic (exact) mass is 406 g/mol. The van der Waals surface area contributed by atoms with Gasteiger partial charge in [-0.1, -0.05) is 41.5 Å². The maximum atomic E-state index is 11.6. The van der Waals surface area contributed by atoms with E-state index in [9.17, 15) is 24.9 Å². The number of ether oxygens (including phenoxy) is 3. The molecule has 0 radical (unpaired) electrons.